The smallest absolute Gasteiger partial charge is 0.273 e. The average molecular weight is 333 g/mol. The number of para-hydroxylation sites is 1. The van der Waals surface area contributed by atoms with Gasteiger partial charge in [0.25, 0.3) is 5.91 Å². The molecule has 0 spiro atoms. The van der Waals surface area contributed by atoms with Crippen molar-refractivity contribution < 1.29 is 9.53 Å². The first-order valence-corrected chi connectivity index (χ1v) is 8.06. The molecule has 1 amide bonds. The van der Waals surface area contributed by atoms with Crippen molar-refractivity contribution in [2.75, 3.05) is 6.61 Å². The van der Waals surface area contributed by atoms with E-state index in [0.29, 0.717) is 12.2 Å². The summed E-state index contributed by atoms with van der Waals surface area (Å²) in [5.74, 6) is 0.552. The summed E-state index contributed by atoms with van der Waals surface area (Å²) in [6.45, 7) is 2.57. The minimum Gasteiger partial charge on any atom is -0.494 e. The van der Waals surface area contributed by atoms with Crippen molar-refractivity contribution >= 4 is 12.1 Å². The van der Waals surface area contributed by atoms with Gasteiger partial charge in [-0.2, -0.15) is 5.10 Å². The van der Waals surface area contributed by atoms with Crippen molar-refractivity contribution in [3.8, 4) is 11.4 Å². The molecule has 126 valence electrons. The van der Waals surface area contributed by atoms with Gasteiger partial charge in [0.1, 0.15) is 5.75 Å². The standard InChI is InChI=1S/C20H19N3O2/c1-2-25-17-11-9-16(10-12-17)15-21-22-20(24)18-7-3-4-8-19(18)23-13-5-6-14-23/h3-15H,2H2,1H3,(H,22,24)/b21-15-. The minimum atomic E-state index is -0.258. The number of amides is 1. The number of rotatable bonds is 6. The number of carbonyl (C=O) groups excluding carboxylic acids is 1. The fourth-order valence-electron chi connectivity index (χ4n) is 2.43. The third kappa shape index (κ3) is 4.14. The van der Waals surface area contributed by atoms with Gasteiger partial charge in [-0.05, 0) is 61.0 Å². The first-order valence-electron chi connectivity index (χ1n) is 8.06. The molecule has 0 aliphatic heterocycles. The molecule has 1 heterocycles. The molecule has 0 radical (unpaired) electrons. The molecule has 0 saturated carbocycles. The maximum atomic E-state index is 12.4. The Bertz CT molecular complexity index is 853. The largest absolute Gasteiger partial charge is 0.494 e. The second-order valence-electron chi connectivity index (χ2n) is 5.31. The number of aromatic nitrogens is 1. The van der Waals surface area contributed by atoms with E-state index in [1.165, 1.54) is 0 Å². The Morgan fingerprint density at radius 2 is 1.80 bits per heavy atom. The van der Waals surface area contributed by atoms with Crippen LogP contribution in [0.1, 0.15) is 22.8 Å². The highest BCUT2D eigenvalue weighted by Crippen LogP contribution is 2.14. The maximum Gasteiger partial charge on any atom is 0.273 e. The number of nitrogens with one attached hydrogen (secondary N) is 1. The van der Waals surface area contributed by atoms with Gasteiger partial charge in [-0.3, -0.25) is 4.79 Å². The van der Waals surface area contributed by atoms with Crippen LogP contribution in [0, 0.1) is 0 Å². The van der Waals surface area contributed by atoms with Gasteiger partial charge in [0.15, 0.2) is 0 Å². The van der Waals surface area contributed by atoms with Crippen LogP contribution in [0.3, 0.4) is 0 Å². The normalized spacial score (nSPS) is 10.8. The van der Waals surface area contributed by atoms with Crippen LogP contribution in [-0.4, -0.2) is 23.3 Å². The zero-order valence-electron chi connectivity index (χ0n) is 13.9. The fraction of sp³-hybridized carbons (Fsp3) is 0.100. The van der Waals surface area contributed by atoms with Gasteiger partial charge in [0, 0.05) is 12.4 Å². The number of ether oxygens (including phenoxy) is 1. The predicted octanol–water partition coefficient (Wildman–Crippen LogP) is 3.64. The van der Waals surface area contributed by atoms with Crippen LogP contribution in [0.5, 0.6) is 5.75 Å². The Morgan fingerprint density at radius 1 is 1.08 bits per heavy atom. The van der Waals surface area contributed by atoms with Crippen molar-refractivity contribution in [3.05, 3.63) is 84.2 Å². The van der Waals surface area contributed by atoms with Gasteiger partial charge < -0.3 is 9.30 Å². The summed E-state index contributed by atoms with van der Waals surface area (Å²) < 4.78 is 7.29. The Kier molecular flexibility index (Phi) is 5.26. The van der Waals surface area contributed by atoms with Gasteiger partial charge >= 0.3 is 0 Å². The molecule has 0 bridgehead atoms. The molecular formula is C20H19N3O2. The lowest BCUT2D eigenvalue weighted by Crippen LogP contribution is -2.19. The van der Waals surface area contributed by atoms with Crippen molar-refractivity contribution in [1.82, 2.24) is 9.99 Å². The number of hydrogen-bond acceptors (Lipinski definition) is 3. The molecule has 0 fully saturated rings. The Labute approximate surface area is 146 Å². The van der Waals surface area contributed by atoms with Gasteiger partial charge in [0.05, 0.1) is 24.1 Å². The highest BCUT2D eigenvalue weighted by molar-refractivity contribution is 5.98. The number of hydrogen-bond donors (Lipinski definition) is 1. The van der Waals surface area contributed by atoms with E-state index in [0.717, 1.165) is 17.0 Å². The summed E-state index contributed by atoms with van der Waals surface area (Å²) in [4.78, 5) is 12.4. The summed E-state index contributed by atoms with van der Waals surface area (Å²) in [6, 6.07) is 18.7. The van der Waals surface area contributed by atoms with Crippen LogP contribution >= 0.6 is 0 Å². The maximum absolute atomic E-state index is 12.4. The van der Waals surface area contributed by atoms with E-state index in [2.05, 4.69) is 10.5 Å². The van der Waals surface area contributed by atoms with Crippen molar-refractivity contribution in [1.29, 1.82) is 0 Å². The Hall–Kier alpha value is -3.34. The summed E-state index contributed by atoms with van der Waals surface area (Å²) in [6.07, 6.45) is 5.40. The lowest BCUT2D eigenvalue weighted by molar-refractivity contribution is 0.0955. The molecule has 3 aromatic rings. The first-order chi connectivity index (χ1) is 12.3. The van der Waals surface area contributed by atoms with Gasteiger partial charge in [0.2, 0.25) is 0 Å². The van der Waals surface area contributed by atoms with E-state index in [1.54, 1.807) is 12.3 Å². The van der Waals surface area contributed by atoms with E-state index in [9.17, 15) is 4.79 Å². The number of nitrogens with zero attached hydrogens (tertiary/aromatic N) is 2. The minimum absolute atomic E-state index is 0.258. The molecule has 1 aromatic heterocycles. The quantitative estimate of drug-likeness (QED) is 0.553. The van der Waals surface area contributed by atoms with Crippen LogP contribution in [0.15, 0.2) is 78.2 Å². The van der Waals surface area contributed by atoms with Crippen LogP contribution in [0.4, 0.5) is 0 Å². The van der Waals surface area contributed by atoms with Crippen LogP contribution in [-0.2, 0) is 0 Å². The van der Waals surface area contributed by atoms with Crippen molar-refractivity contribution in [2.45, 2.75) is 6.92 Å². The van der Waals surface area contributed by atoms with E-state index in [1.807, 2.05) is 78.5 Å². The fourth-order valence-corrected chi connectivity index (χ4v) is 2.43. The van der Waals surface area contributed by atoms with E-state index in [-0.39, 0.29) is 5.91 Å². The molecule has 0 aliphatic rings. The number of benzene rings is 2. The Balaban J connectivity index is 1.69. The molecule has 25 heavy (non-hydrogen) atoms. The van der Waals surface area contributed by atoms with Crippen molar-refractivity contribution in [3.63, 3.8) is 0 Å². The summed E-state index contributed by atoms with van der Waals surface area (Å²) >= 11 is 0. The van der Waals surface area contributed by atoms with Gasteiger partial charge in [-0.25, -0.2) is 5.43 Å². The molecule has 2 aromatic carbocycles. The molecule has 5 heteroatoms. The van der Waals surface area contributed by atoms with E-state index in [4.69, 9.17) is 4.74 Å². The third-order valence-corrected chi connectivity index (χ3v) is 3.60. The first kappa shape index (κ1) is 16.5. The molecule has 0 aliphatic carbocycles. The highest BCUT2D eigenvalue weighted by Gasteiger charge is 2.10. The lowest BCUT2D eigenvalue weighted by Gasteiger charge is -2.09. The summed E-state index contributed by atoms with van der Waals surface area (Å²) in [5.41, 5.74) is 4.82. The lowest BCUT2D eigenvalue weighted by atomic mass is 10.1. The average Bonchev–Trinajstić information content (AvgIpc) is 3.18. The van der Waals surface area contributed by atoms with E-state index >= 15 is 0 Å². The summed E-state index contributed by atoms with van der Waals surface area (Å²) in [7, 11) is 0. The predicted molar refractivity (Wildman–Crippen MR) is 98.4 cm³/mol. The summed E-state index contributed by atoms with van der Waals surface area (Å²) in [5, 5.41) is 4.04. The monoisotopic (exact) mass is 333 g/mol. The molecule has 5 nitrogen and oxygen atoms in total. The van der Waals surface area contributed by atoms with Crippen LogP contribution < -0.4 is 10.2 Å². The zero-order valence-corrected chi connectivity index (χ0v) is 13.9. The second-order valence-corrected chi connectivity index (χ2v) is 5.31. The molecule has 0 saturated heterocycles. The molecule has 1 N–H and O–H groups in total. The Morgan fingerprint density at radius 3 is 2.52 bits per heavy atom. The van der Waals surface area contributed by atoms with Gasteiger partial charge in [-0.1, -0.05) is 12.1 Å². The second kappa shape index (κ2) is 7.97. The molecule has 0 atom stereocenters. The number of hydrazone groups is 1. The topological polar surface area (TPSA) is 55.6 Å². The SMILES string of the molecule is CCOc1ccc(/C=N\NC(=O)c2ccccc2-n2cccc2)cc1. The van der Waals surface area contributed by atoms with E-state index < -0.39 is 0 Å². The van der Waals surface area contributed by atoms with Crippen LogP contribution in [0.2, 0.25) is 0 Å². The van der Waals surface area contributed by atoms with Crippen LogP contribution in [0.25, 0.3) is 5.69 Å². The van der Waals surface area contributed by atoms with Gasteiger partial charge in [-0.15, -0.1) is 0 Å². The molecule has 0 unspecified atom stereocenters. The highest BCUT2D eigenvalue weighted by atomic mass is 16.5. The third-order valence-electron chi connectivity index (χ3n) is 3.60. The molecular weight excluding hydrogens is 314 g/mol. The zero-order chi connectivity index (χ0) is 17.5. The number of carbonyl (C=O) groups is 1. The molecule has 3 rings (SSSR count). The van der Waals surface area contributed by atoms with Crippen molar-refractivity contribution in [2.24, 2.45) is 5.10 Å².